The number of aromatic nitrogens is 3. The second kappa shape index (κ2) is 11.9. The highest BCUT2D eigenvalue weighted by atomic mass is 16.5. The van der Waals surface area contributed by atoms with Gasteiger partial charge in [-0.1, -0.05) is 51.7 Å². The molecule has 0 fully saturated rings. The molecule has 0 amide bonds. The number of hydrogen-bond donors (Lipinski definition) is 1. The lowest BCUT2D eigenvalue weighted by Gasteiger charge is -2.08. The molecule has 0 unspecified atom stereocenters. The summed E-state index contributed by atoms with van der Waals surface area (Å²) in [5.41, 5.74) is 4.11. The second-order valence-electron chi connectivity index (χ2n) is 6.85. The van der Waals surface area contributed by atoms with Gasteiger partial charge < -0.3 is 10.6 Å². The molecule has 2 N–H and O–H groups in total. The summed E-state index contributed by atoms with van der Waals surface area (Å²) >= 11 is 0. The van der Waals surface area contributed by atoms with Gasteiger partial charge in [-0.3, -0.25) is 9.36 Å². The van der Waals surface area contributed by atoms with Gasteiger partial charge >= 0.3 is 5.97 Å². The first kappa shape index (κ1) is 25.0. The monoisotopic (exact) mass is 412 g/mol. The Hall–Kier alpha value is -3.02. The van der Waals surface area contributed by atoms with Crippen molar-refractivity contribution in [2.45, 2.75) is 60.9 Å². The van der Waals surface area contributed by atoms with Gasteiger partial charge in [0.2, 0.25) is 0 Å². The topological polar surface area (TPSA) is 75.1 Å². The highest BCUT2D eigenvalue weighted by Crippen LogP contribution is 2.34. The van der Waals surface area contributed by atoms with Crippen molar-refractivity contribution in [2.75, 3.05) is 12.4 Å². The normalized spacial score (nSPS) is 11.2. The molecule has 0 atom stereocenters. The van der Waals surface area contributed by atoms with Crippen LogP contribution in [0.5, 0.6) is 0 Å². The zero-order valence-electron chi connectivity index (χ0n) is 19.4. The lowest BCUT2D eigenvalue weighted by molar-refractivity contribution is 0.0516. The van der Waals surface area contributed by atoms with Crippen molar-refractivity contribution in [1.29, 1.82) is 0 Å². The van der Waals surface area contributed by atoms with Gasteiger partial charge in [-0.2, -0.15) is 5.10 Å². The molecule has 2 rings (SSSR count). The average molecular weight is 413 g/mol. The van der Waals surface area contributed by atoms with E-state index in [4.69, 9.17) is 15.7 Å². The van der Waals surface area contributed by atoms with Crippen molar-refractivity contribution >= 4 is 11.5 Å². The summed E-state index contributed by atoms with van der Waals surface area (Å²) in [7, 11) is 0. The third-order valence-electron chi connectivity index (χ3n) is 4.30. The smallest absolute Gasteiger partial charge is 0.357 e. The Labute approximate surface area is 180 Å². The molecule has 0 spiro atoms. The summed E-state index contributed by atoms with van der Waals surface area (Å²) in [5.74, 6) is 5.66. The first-order chi connectivity index (χ1) is 14.3. The largest absolute Gasteiger partial charge is 0.461 e. The number of carbonyl (C=O) groups is 1. The van der Waals surface area contributed by atoms with Crippen LogP contribution in [0.1, 0.15) is 75.6 Å². The van der Waals surface area contributed by atoms with E-state index in [1.807, 2.05) is 56.0 Å². The molecule has 0 bridgehead atoms. The predicted molar refractivity (Wildman–Crippen MR) is 126 cm³/mol. The maximum absolute atomic E-state index is 12.6. The number of nitrogen functional groups attached to an aromatic ring is 1. The minimum Gasteiger partial charge on any atom is -0.461 e. The molecular formula is C24H36N4O2. The molecule has 164 valence electrons. The van der Waals surface area contributed by atoms with Crippen LogP contribution < -0.4 is 5.84 Å². The quantitative estimate of drug-likeness (QED) is 0.343. The van der Waals surface area contributed by atoms with E-state index in [0.29, 0.717) is 11.1 Å². The molecule has 0 aromatic carbocycles. The van der Waals surface area contributed by atoms with Gasteiger partial charge in [0, 0.05) is 29.6 Å². The van der Waals surface area contributed by atoms with Crippen LogP contribution in [0.4, 0.5) is 0 Å². The van der Waals surface area contributed by atoms with Gasteiger partial charge in [-0.15, -0.1) is 0 Å². The van der Waals surface area contributed by atoms with Crippen molar-refractivity contribution < 1.29 is 9.53 Å². The maximum Gasteiger partial charge on any atom is 0.357 e. The fourth-order valence-electron chi connectivity index (χ4n) is 2.92. The van der Waals surface area contributed by atoms with Crippen LogP contribution in [-0.4, -0.2) is 27.0 Å². The van der Waals surface area contributed by atoms with Crippen LogP contribution >= 0.6 is 0 Å². The Morgan fingerprint density at radius 3 is 2.47 bits per heavy atom. The Bertz CT molecular complexity index is 914. The Balaban J connectivity index is 0.00000218. The number of nitrogens with zero attached hydrogens (tertiary/aromatic N) is 3. The van der Waals surface area contributed by atoms with Crippen LogP contribution in [-0.2, 0) is 4.74 Å². The predicted octanol–water partition coefficient (Wildman–Crippen LogP) is 5.69. The zero-order chi connectivity index (χ0) is 22.8. The molecule has 2 aromatic rings. The van der Waals surface area contributed by atoms with Crippen molar-refractivity contribution in [3.05, 3.63) is 60.1 Å². The number of carbonyl (C=O) groups excluding carboxylic acids is 1. The lowest BCUT2D eigenvalue weighted by atomic mass is 9.99. The molecule has 0 aliphatic rings. The van der Waals surface area contributed by atoms with Gasteiger partial charge in [0.1, 0.15) is 0 Å². The molecule has 0 aliphatic carbocycles. The third-order valence-corrected chi connectivity index (χ3v) is 4.30. The van der Waals surface area contributed by atoms with Crippen LogP contribution in [0, 0.1) is 6.92 Å². The molecule has 6 heteroatoms. The molecule has 0 saturated heterocycles. The molecule has 6 nitrogen and oxygen atoms in total. The molecule has 0 radical (unpaired) electrons. The molecule has 30 heavy (non-hydrogen) atoms. The molecule has 2 aromatic heterocycles. The van der Waals surface area contributed by atoms with E-state index >= 15 is 0 Å². The number of esters is 1. The second-order valence-corrected chi connectivity index (χ2v) is 6.85. The summed E-state index contributed by atoms with van der Waals surface area (Å²) < 4.78 is 8.42. The highest BCUT2D eigenvalue weighted by Gasteiger charge is 2.26. The molecular weight excluding hydrogens is 376 g/mol. The van der Waals surface area contributed by atoms with Crippen molar-refractivity contribution in [1.82, 2.24) is 14.5 Å². The lowest BCUT2D eigenvalue weighted by Crippen LogP contribution is -2.18. The van der Waals surface area contributed by atoms with Gasteiger partial charge in [0.25, 0.3) is 0 Å². The van der Waals surface area contributed by atoms with E-state index in [1.54, 1.807) is 13.1 Å². The van der Waals surface area contributed by atoms with Crippen LogP contribution in [0.25, 0.3) is 16.8 Å². The molecule has 0 aliphatic heterocycles. The van der Waals surface area contributed by atoms with Gasteiger partial charge in [0.15, 0.2) is 5.69 Å². The van der Waals surface area contributed by atoms with Crippen LogP contribution in [0.2, 0.25) is 0 Å². The van der Waals surface area contributed by atoms with Gasteiger partial charge in [-0.25, -0.2) is 4.79 Å². The van der Waals surface area contributed by atoms with E-state index in [-0.39, 0.29) is 18.3 Å². The highest BCUT2D eigenvalue weighted by molar-refractivity contribution is 6.00. The first-order valence-electron chi connectivity index (χ1n) is 10.6. The Kier molecular flexibility index (Phi) is 9.89. The zero-order valence-corrected chi connectivity index (χ0v) is 19.4. The summed E-state index contributed by atoms with van der Waals surface area (Å²) in [5, 5.41) is 4.71. The summed E-state index contributed by atoms with van der Waals surface area (Å²) in [6, 6.07) is 0.225. The van der Waals surface area contributed by atoms with E-state index in [9.17, 15) is 4.79 Å². The van der Waals surface area contributed by atoms with Crippen LogP contribution in [0.3, 0.4) is 0 Å². The summed E-state index contributed by atoms with van der Waals surface area (Å²) in [6.45, 7) is 18.4. The minimum absolute atomic E-state index is 0.225. The number of nitrogens with two attached hydrogens (primary N) is 1. The fourth-order valence-corrected chi connectivity index (χ4v) is 2.92. The number of aryl methyl sites for hydroxylation is 1. The fraction of sp³-hybridized carbons (Fsp3) is 0.417. The number of ether oxygens (including phenoxy) is 1. The first-order valence-corrected chi connectivity index (χ1v) is 10.6. The van der Waals surface area contributed by atoms with E-state index in [1.165, 1.54) is 4.68 Å². The van der Waals surface area contributed by atoms with Crippen molar-refractivity contribution in [3.63, 3.8) is 0 Å². The molecule has 0 saturated carbocycles. The third kappa shape index (κ3) is 5.75. The van der Waals surface area contributed by atoms with Crippen molar-refractivity contribution in [2.24, 2.45) is 0 Å². The maximum atomic E-state index is 12.6. The molecule has 2 heterocycles. The van der Waals surface area contributed by atoms with Gasteiger partial charge in [-0.05, 0) is 45.3 Å². The Morgan fingerprint density at radius 2 is 1.93 bits per heavy atom. The van der Waals surface area contributed by atoms with Crippen molar-refractivity contribution in [3.8, 4) is 11.3 Å². The Morgan fingerprint density at radius 1 is 1.27 bits per heavy atom. The van der Waals surface area contributed by atoms with E-state index in [2.05, 4.69) is 27.4 Å². The average Bonchev–Trinajstić information content (AvgIpc) is 3.26. The number of hydrogen-bond acceptors (Lipinski definition) is 4. The minimum atomic E-state index is -0.481. The number of rotatable bonds is 8. The van der Waals surface area contributed by atoms with Crippen LogP contribution in [0.15, 0.2) is 43.3 Å². The van der Waals surface area contributed by atoms with E-state index < -0.39 is 5.97 Å². The SMILES string of the molecule is C=C(/C=C\C=C/CC)c1c(-c2nn(C(C)C)cc2C)cn(N)c1C(=O)OCC.CC. The van der Waals surface area contributed by atoms with Gasteiger partial charge in [0.05, 0.1) is 12.3 Å². The summed E-state index contributed by atoms with van der Waals surface area (Å²) in [6.07, 6.45) is 12.4. The van der Waals surface area contributed by atoms with E-state index in [0.717, 1.165) is 23.2 Å². The number of allylic oxidation sites excluding steroid dienone is 5. The summed E-state index contributed by atoms with van der Waals surface area (Å²) in [4.78, 5) is 12.6. The standard InChI is InChI=1S/C22H30N4O2.C2H6/c1-7-9-10-11-12-16(5)19-18(14-25(23)21(19)22(27)28-8-2)20-17(6)13-26(24-20)15(3)4;1-2/h9-15H,5,7-8,23H2,1-4,6H3;1-2H3/b10-9-,12-11-;.